The fraction of sp³-hybridized carbons (Fsp3) is 0.297. The Balaban J connectivity index is 1.02. The number of nitrogens with zero attached hydrogens (tertiary/aromatic N) is 7. The van der Waals surface area contributed by atoms with Crippen LogP contribution >= 0.6 is 11.3 Å². The molecule has 2 atom stereocenters. The summed E-state index contributed by atoms with van der Waals surface area (Å²) in [7, 11) is 0. The minimum absolute atomic E-state index is 0.00167. The number of fused-ring (bicyclic) bond motifs is 2. The topological polar surface area (TPSA) is 140 Å². The molecule has 0 saturated carbocycles. The van der Waals surface area contributed by atoms with Gasteiger partial charge < -0.3 is 25.8 Å². The van der Waals surface area contributed by atoms with Crippen LogP contribution in [0.25, 0.3) is 16.0 Å². The number of hydrogen-bond donors (Lipinski definition) is 3. The van der Waals surface area contributed by atoms with Crippen LogP contribution in [0.3, 0.4) is 0 Å². The van der Waals surface area contributed by atoms with Crippen molar-refractivity contribution < 1.29 is 18.6 Å². The maximum atomic E-state index is 15.0. The molecule has 0 amide bonds. The summed E-state index contributed by atoms with van der Waals surface area (Å²) in [5, 5.41) is 19.6. The van der Waals surface area contributed by atoms with Crippen LogP contribution in [0.1, 0.15) is 23.3 Å². The Morgan fingerprint density at radius 1 is 1.04 bits per heavy atom. The molecule has 8 rings (SSSR count). The number of benzene rings is 3. The number of halogens is 2. The monoisotopic (exact) mass is 725 g/mol. The first-order valence-electron chi connectivity index (χ1n) is 17.1. The Labute approximate surface area is 301 Å². The highest BCUT2D eigenvalue weighted by atomic mass is 32.1. The van der Waals surface area contributed by atoms with Gasteiger partial charge in [0.15, 0.2) is 5.82 Å². The molecule has 15 heteroatoms. The molecule has 3 aromatic carbocycles. The number of hydrogen-bond acceptors (Lipinski definition) is 11. The SMILES string of the molecule is Nc1nc2sc(CN[C@@H]3CCCN(CC(O)(Cn4cncn4)c4ccc(F)cc4F)C3)cc2n(-c2ccc3c(c2)N(c2ccccc2)CCO3)c1=O. The van der Waals surface area contributed by atoms with Crippen molar-refractivity contribution in [3.63, 3.8) is 0 Å². The van der Waals surface area contributed by atoms with Gasteiger partial charge in [0.05, 0.1) is 30.0 Å². The van der Waals surface area contributed by atoms with E-state index in [1.54, 1.807) is 4.57 Å². The number of aliphatic hydroxyl groups is 1. The Morgan fingerprint density at radius 2 is 1.90 bits per heavy atom. The van der Waals surface area contributed by atoms with Crippen molar-refractivity contribution in [2.24, 2.45) is 0 Å². The molecular weight excluding hydrogens is 689 g/mol. The average Bonchev–Trinajstić information content (AvgIpc) is 3.80. The summed E-state index contributed by atoms with van der Waals surface area (Å²) in [5.74, 6) is -0.873. The lowest BCUT2D eigenvalue weighted by atomic mass is 9.91. The molecule has 0 bridgehead atoms. The molecule has 6 aromatic rings. The number of nitrogens with two attached hydrogens (primary N) is 1. The molecule has 0 aliphatic carbocycles. The van der Waals surface area contributed by atoms with E-state index in [4.69, 9.17) is 10.5 Å². The van der Waals surface area contributed by atoms with Crippen LogP contribution in [0.15, 0.2) is 90.2 Å². The Kier molecular flexibility index (Phi) is 9.17. The van der Waals surface area contributed by atoms with E-state index >= 15 is 4.39 Å². The Hall–Kier alpha value is -5.22. The van der Waals surface area contributed by atoms with Crippen LogP contribution in [-0.2, 0) is 18.7 Å². The molecule has 1 unspecified atom stereocenters. The smallest absolute Gasteiger partial charge is 0.298 e. The number of β-amino-alcohol motifs (C(OH)–C–C–N with tert-alkyl or cyclic N) is 1. The van der Waals surface area contributed by atoms with E-state index in [1.165, 1.54) is 34.7 Å². The first-order chi connectivity index (χ1) is 25.2. The number of ether oxygens (including phenoxy) is 1. The molecule has 4 N–H and O–H groups in total. The van der Waals surface area contributed by atoms with E-state index in [9.17, 15) is 14.3 Å². The van der Waals surface area contributed by atoms with Crippen molar-refractivity contribution in [1.82, 2.24) is 34.5 Å². The van der Waals surface area contributed by atoms with E-state index < -0.39 is 22.8 Å². The molecular formula is C37H37F2N9O3S. The van der Waals surface area contributed by atoms with Gasteiger partial charge >= 0.3 is 0 Å². The third kappa shape index (κ3) is 6.75. The van der Waals surface area contributed by atoms with Crippen LogP contribution < -0.4 is 26.2 Å². The zero-order valence-electron chi connectivity index (χ0n) is 28.2. The number of para-hydroxylation sites is 1. The van der Waals surface area contributed by atoms with E-state index in [0.29, 0.717) is 48.8 Å². The number of nitrogen functional groups attached to an aromatic ring is 1. The lowest BCUT2D eigenvalue weighted by Crippen LogP contribution is -2.51. The maximum Gasteiger partial charge on any atom is 0.298 e. The number of rotatable bonds is 10. The van der Waals surface area contributed by atoms with Gasteiger partial charge in [-0.2, -0.15) is 5.10 Å². The Bertz CT molecular complexity index is 2270. The molecule has 0 spiro atoms. The molecule has 1 fully saturated rings. The summed E-state index contributed by atoms with van der Waals surface area (Å²) in [6.45, 7) is 3.09. The van der Waals surface area contributed by atoms with Gasteiger partial charge in [0.1, 0.15) is 47.1 Å². The number of likely N-dealkylation sites (tertiary alicyclic amines) is 1. The first-order valence-corrected chi connectivity index (χ1v) is 17.9. The van der Waals surface area contributed by atoms with Crippen molar-refractivity contribution >= 4 is 38.9 Å². The molecule has 12 nitrogen and oxygen atoms in total. The van der Waals surface area contributed by atoms with Gasteiger partial charge in [-0.3, -0.25) is 14.3 Å². The van der Waals surface area contributed by atoms with Gasteiger partial charge in [-0.05, 0) is 61.9 Å². The van der Waals surface area contributed by atoms with Crippen molar-refractivity contribution in [2.75, 3.05) is 43.4 Å². The first kappa shape index (κ1) is 33.9. The van der Waals surface area contributed by atoms with Gasteiger partial charge in [-0.1, -0.05) is 24.3 Å². The summed E-state index contributed by atoms with van der Waals surface area (Å²) >= 11 is 1.47. The van der Waals surface area contributed by atoms with Crippen molar-refractivity contribution in [2.45, 2.75) is 37.6 Å². The second kappa shape index (κ2) is 14.1. The van der Waals surface area contributed by atoms with Crippen LogP contribution in [0.5, 0.6) is 5.75 Å². The summed E-state index contributed by atoms with van der Waals surface area (Å²) in [4.78, 5) is 27.8. The quantitative estimate of drug-likeness (QED) is 0.184. The van der Waals surface area contributed by atoms with E-state index in [0.717, 1.165) is 47.0 Å². The lowest BCUT2D eigenvalue weighted by Gasteiger charge is -2.39. The standard InChI is InChI=1S/C37H37F2N9O3S/c38-24-8-10-29(30(39)15-24)37(50,21-46-23-41-22-43-46)20-45-12-4-5-25(19-45)42-18-28-17-32-35(52-28)44-34(40)36(49)48(32)27-9-11-33-31(16-27)47(13-14-51-33)26-6-2-1-3-7-26/h1-3,6-11,15-17,22-23,25,42,50H,4-5,12-14,18-21H2,(H2,40,44)/t25-,37?/m1/s1. The fourth-order valence-corrected chi connectivity index (χ4v) is 8.23. The second-order valence-corrected chi connectivity index (χ2v) is 14.3. The van der Waals surface area contributed by atoms with Crippen LogP contribution in [0.4, 0.5) is 26.0 Å². The fourth-order valence-electron chi connectivity index (χ4n) is 7.26. The molecule has 0 radical (unpaired) electrons. The molecule has 3 aromatic heterocycles. The number of nitrogens with one attached hydrogen (secondary N) is 1. The number of thiophene rings is 1. The number of anilines is 3. The van der Waals surface area contributed by atoms with Crippen molar-refractivity contribution in [3.8, 4) is 11.4 Å². The summed E-state index contributed by atoms with van der Waals surface area (Å²) in [5.41, 5.74) is 7.31. The molecule has 5 heterocycles. The zero-order valence-corrected chi connectivity index (χ0v) is 29.0. The molecule has 2 aliphatic rings. The third-order valence-electron chi connectivity index (χ3n) is 9.64. The predicted octanol–water partition coefficient (Wildman–Crippen LogP) is 4.57. The minimum Gasteiger partial charge on any atom is -0.490 e. The number of piperidine rings is 1. The van der Waals surface area contributed by atoms with Crippen LogP contribution in [0, 0.1) is 11.6 Å². The van der Waals surface area contributed by atoms with Gasteiger partial charge in [0.2, 0.25) is 0 Å². The van der Waals surface area contributed by atoms with Gasteiger partial charge in [0.25, 0.3) is 5.56 Å². The van der Waals surface area contributed by atoms with Gasteiger partial charge in [-0.25, -0.2) is 23.4 Å². The highest BCUT2D eigenvalue weighted by Crippen LogP contribution is 2.39. The summed E-state index contributed by atoms with van der Waals surface area (Å²) in [6, 6.07) is 21.0. The highest BCUT2D eigenvalue weighted by molar-refractivity contribution is 7.18. The van der Waals surface area contributed by atoms with Crippen molar-refractivity contribution in [3.05, 3.63) is 118 Å². The van der Waals surface area contributed by atoms with Crippen LogP contribution in [-0.4, -0.2) is 73.1 Å². The van der Waals surface area contributed by atoms with E-state index in [1.807, 2.05) is 54.6 Å². The third-order valence-corrected chi connectivity index (χ3v) is 10.7. The highest BCUT2D eigenvalue weighted by Gasteiger charge is 2.37. The Morgan fingerprint density at radius 3 is 2.71 bits per heavy atom. The number of aromatic nitrogens is 5. The summed E-state index contributed by atoms with van der Waals surface area (Å²) in [6.07, 6.45) is 4.56. The molecule has 52 heavy (non-hydrogen) atoms. The minimum atomic E-state index is -1.69. The molecule has 1 saturated heterocycles. The normalized spacial score (nSPS) is 17.5. The summed E-state index contributed by atoms with van der Waals surface area (Å²) < 4.78 is 37.9. The molecule has 2 aliphatic heterocycles. The van der Waals surface area contributed by atoms with Crippen molar-refractivity contribution in [1.29, 1.82) is 0 Å². The van der Waals surface area contributed by atoms with Crippen LogP contribution in [0.2, 0.25) is 0 Å². The zero-order chi connectivity index (χ0) is 35.8. The van der Waals surface area contributed by atoms with E-state index in [2.05, 4.69) is 30.2 Å². The van der Waals surface area contributed by atoms with Gasteiger partial charge in [-0.15, -0.1) is 11.3 Å². The largest absolute Gasteiger partial charge is 0.490 e. The average molecular weight is 726 g/mol. The lowest BCUT2D eigenvalue weighted by molar-refractivity contribution is -0.0282. The maximum absolute atomic E-state index is 15.0. The predicted molar refractivity (Wildman–Crippen MR) is 195 cm³/mol. The van der Waals surface area contributed by atoms with E-state index in [-0.39, 0.29) is 30.5 Å². The second-order valence-electron chi connectivity index (χ2n) is 13.2. The molecule has 268 valence electrons. The van der Waals surface area contributed by atoms with Gasteiger partial charge in [0, 0.05) is 47.9 Å².